The third kappa shape index (κ3) is 1.40. The largest absolute Gasteiger partial charge is 0.385 e. The van der Waals surface area contributed by atoms with Crippen molar-refractivity contribution in [3.05, 3.63) is 42.2 Å². The molecule has 15 heavy (non-hydrogen) atoms. The Labute approximate surface area is 88.7 Å². The van der Waals surface area contributed by atoms with Gasteiger partial charge in [-0.15, -0.1) is 0 Å². The summed E-state index contributed by atoms with van der Waals surface area (Å²) in [5.41, 5.74) is 3.84. The predicted molar refractivity (Wildman–Crippen MR) is 60.4 cm³/mol. The topological polar surface area (TPSA) is 29.9 Å². The molecule has 1 aliphatic heterocycles. The normalized spacial score (nSPS) is 14.4. The van der Waals surface area contributed by atoms with Crippen LogP contribution in [0.25, 0.3) is 5.69 Å². The number of aromatic nitrogens is 2. The quantitative estimate of drug-likeness (QED) is 0.763. The monoisotopic (exact) mass is 199 g/mol. The first kappa shape index (κ1) is 8.53. The van der Waals surface area contributed by atoms with Gasteiger partial charge in [-0.2, -0.15) is 5.10 Å². The molecular formula is C12H13N3. The minimum absolute atomic E-state index is 1.08. The molecule has 1 aromatic heterocycles. The fourth-order valence-corrected chi connectivity index (χ4v) is 2.12. The van der Waals surface area contributed by atoms with E-state index in [2.05, 4.69) is 28.6 Å². The number of anilines is 1. The summed E-state index contributed by atoms with van der Waals surface area (Å²) in [5.74, 6) is 0. The van der Waals surface area contributed by atoms with Crippen molar-refractivity contribution < 1.29 is 0 Å². The van der Waals surface area contributed by atoms with Gasteiger partial charge >= 0.3 is 0 Å². The highest BCUT2D eigenvalue weighted by molar-refractivity contribution is 5.61. The summed E-state index contributed by atoms with van der Waals surface area (Å²) in [5, 5.41) is 7.71. The van der Waals surface area contributed by atoms with Gasteiger partial charge in [-0.3, -0.25) is 0 Å². The van der Waals surface area contributed by atoms with Crippen molar-refractivity contribution >= 4 is 5.69 Å². The van der Waals surface area contributed by atoms with Gasteiger partial charge in [0.2, 0.25) is 0 Å². The Morgan fingerprint density at radius 2 is 2.27 bits per heavy atom. The second kappa shape index (κ2) is 3.42. The molecule has 0 radical (unpaired) electrons. The van der Waals surface area contributed by atoms with Crippen LogP contribution in [-0.2, 0) is 6.42 Å². The molecule has 2 heterocycles. The molecule has 0 aliphatic carbocycles. The van der Waals surface area contributed by atoms with E-state index in [0.717, 1.165) is 13.0 Å². The van der Waals surface area contributed by atoms with Gasteiger partial charge in [0.1, 0.15) is 0 Å². The predicted octanol–water partition coefficient (Wildman–Crippen LogP) is 2.23. The summed E-state index contributed by atoms with van der Waals surface area (Å²) in [6.45, 7) is 1.08. The van der Waals surface area contributed by atoms with Crippen molar-refractivity contribution in [3.63, 3.8) is 0 Å². The van der Waals surface area contributed by atoms with Gasteiger partial charge in [0.15, 0.2) is 0 Å². The summed E-state index contributed by atoms with van der Waals surface area (Å²) in [6.07, 6.45) is 6.14. The average Bonchev–Trinajstić information content (AvgIpc) is 2.82. The summed E-state index contributed by atoms with van der Waals surface area (Å²) < 4.78 is 1.94. The molecular weight excluding hydrogens is 186 g/mol. The van der Waals surface area contributed by atoms with Gasteiger partial charge in [0.05, 0.1) is 5.69 Å². The van der Waals surface area contributed by atoms with Crippen LogP contribution in [-0.4, -0.2) is 16.3 Å². The molecule has 1 N–H and O–H groups in total. The number of benzene rings is 1. The van der Waals surface area contributed by atoms with Crippen molar-refractivity contribution in [2.75, 3.05) is 11.9 Å². The van der Waals surface area contributed by atoms with Crippen LogP contribution >= 0.6 is 0 Å². The first-order chi connectivity index (χ1) is 7.45. The van der Waals surface area contributed by atoms with Crippen LogP contribution in [0.1, 0.15) is 12.0 Å². The van der Waals surface area contributed by atoms with Crippen LogP contribution in [0.5, 0.6) is 0 Å². The van der Waals surface area contributed by atoms with E-state index >= 15 is 0 Å². The standard InChI is InChI=1S/C12H13N3/c1-5-11-10(4-2-7-13-11)12(6-1)15-9-3-8-14-15/h1,3,5-6,8-9,13H,2,4,7H2. The minimum Gasteiger partial charge on any atom is -0.385 e. The lowest BCUT2D eigenvalue weighted by atomic mass is 10.0. The lowest BCUT2D eigenvalue weighted by molar-refractivity contribution is 0.797. The molecule has 0 amide bonds. The van der Waals surface area contributed by atoms with Gasteiger partial charge in [0.25, 0.3) is 0 Å². The Morgan fingerprint density at radius 1 is 1.27 bits per heavy atom. The fourth-order valence-electron chi connectivity index (χ4n) is 2.12. The highest BCUT2D eigenvalue weighted by Crippen LogP contribution is 2.27. The maximum absolute atomic E-state index is 4.28. The van der Waals surface area contributed by atoms with Crippen LogP contribution in [0, 0.1) is 0 Å². The molecule has 1 aromatic carbocycles. The second-order valence-corrected chi connectivity index (χ2v) is 3.78. The number of hydrogen-bond donors (Lipinski definition) is 1. The van der Waals surface area contributed by atoms with Gasteiger partial charge in [-0.25, -0.2) is 4.68 Å². The zero-order chi connectivity index (χ0) is 10.1. The van der Waals surface area contributed by atoms with Crippen molar-refractivity contribution in [3.8, 4) is 5.69 Å². The smallest absolute Gasteiger partial charge is 0.0698 e. The minimum atomic E-state index is 1.08. The Balaban J connectivity index is 2.15. The lowest BCUT2D eigenvalue weighted by Crippen LogP contribution is -2.14. The molecule has 3 heteroatoms. The number of hydrogen-bond acceptors (Lipinski definition) is 2. The van der Waals surface area contributed by atoms with E-state index in [-0.39, 0.29) is 0 Å². The van der Waals surface area contributed by atoms with Gasteiger partial charge < -0.3 is 5.32 Å². The van der Waals surface area contributed by atoms with Crippen LogP contribution in [0.15, 0.2) is 36.7 Å². The average molecular weight is 199 g/mol. The number of nitrogens with one attached hydrogen (secondary N) is 1. The SMILES string of the molecule is c1cc2c(c(-n3cccn3)c1)CCCN2. The lowest BCUT2D eigenvalue weighted by Gasteiger charge is -2.20. The van der Waals surface area contributed by atoms with Crippen molar-refractivity contribution in [1.82, 2.24) is 9.78 Å². The van der Waals surface area contributed by atoms with E-state index in [1.54, 1.807) is 0 Å². The molecule has 0 spiro atoms. The van der Waals surface area contributed by atoms with E-state index < -0.39 is 0 Å². The van der Waals surface area contributed by atoms with Crippen LogP contribution < -0.4 is 5.32 Å². The number of nitrogens with zero attached hydrogens (tertiary/aromatic N) is 2. The summed E-state index contributed by atoms with van der Waals surface area (Å²) in [6, 6.07) is 8.30. The third-order valence-corrected chi connectivity index (χ3v) is 2.82. The molecule has 1 aliphatic rings. The van der Waals surface area contributed by atoms with E-state index in [4.69, 9.17) is 0 Å². The molecule has 3 nitrogen and oxygen atoms in total. The Bertz CT molecular complexity index is 460. The first-order valence-corrected chi connectivity index (χ1v) is 5.31. The molecule has 0 saturated carbocycles. The molecule has 0 atom stereocenters. The van der Waals surface area contributed by atoms with E-state index in [9.17, 15) is 0 Å². The highest BCUT2D eigenvalue weighted by atomic mass is 15.3. The molecule has 3 rings (SSSR count). The van der Waals surface area contributed by atoms with Crippen LogP contribution in [0.2, 0.25) is 0 Å². The van der Waals surface area contributed by atoms with Gasteiger partial charge in [-0.05, 0) is 31.0 Å². The Kier molecular flexibility index (Phi) is 1.95. The maximum Gasteiger partial charge on any atom is 0.0698 e. The zero-order valence-corrected chi connectivity index (χ0v) is 8.48. The van der Waals surface area contributed by atoms with Crippen molar-refractivity contribution in [1.29, 1.82) is 0 Å². The highest BCUT2D eigenvalue weighted by Gasteiger charge is 2.13. The van der Waals surface area contributed by atoms with E-state index in [1.807, 2.05) is 23.1 Å². The molecule has 0 unspecified atom stereocenters. The third-order valence-electron chi connectivity index (χ3n) is 2.82. The van der Waals surface area contributed by atoms with Crippen molar-refractivity contribution in [2.45, 2.75) is 12.8 Å². The molecule has 2 aromatic rings. The first-order valence-electron chi connectivity index (χ1n) is 5.31. The van der Waals surface area contributed by atoms with Crippen LogP contribution in [0.4, 0.5) is 5.69 Å². The summed E-state index contributed by atoms with van der Waals surface area (Å²) in [4.78, 5) is 0. The Morgan fingerprint density at radius 3 is 3.13 bits per heavy atom. The molecule has 0 saturated heterocycles. The van der Waals surface area contributed by atoms with E-state index in [1.165, 1.54) is 23.4 Å². The van der Waals surface area contributed by atoms with Gasteiger partial charge in [0, 0.05) is 30.2 Å². The van der Waals surface area contributed by atoms with Crippen LogP contribution in [0.3, 0.4) is 0 Å². The number of rotatable bonds is 1. The zero-order valence-electron chi connectivity index (χ0n) is 8.48. The Hall–Kier alpha value is -1.77. The summed E-state index contributed by atoms with van der Waals surface area (Å²) >= 11 is 0. The fraction of sp³-hybridized carbons (Fsp3) is 0.250. The second-order valence-electron chi connectivity index (χ2n) is 3.78. The molecule has 0 fully saturated rings. The molecule has 0 bridgehead atoms. The van der Waals surface area contributed by atoms with E-state index in [0.29, 0.717) is 0 Å². The maximum atomic E-state index is 4.28. The van der Waals surface area contributed by atoms with Gasteiger partial charge in [-0.1, -0.05) is 6.07 Å². The van der Waals surface area contributed by atoms with Crippen molar-refractivity contribution in [2.24, 2.45) is 0 Å². The number of fused-ring (bicyclic) bond motifs is 1. The summed E-state index contributed by atoms with van der Waals surface area (Å²) in [7, 11) is 0. The molecule has 76 valence electrons.